The molecule has 0 unspecified atom stereocenters. The summed E-state index contributed by atoms with van der Waals surface area (Å²) >= 11 is 0. The van der Waals surface area contributed by atoms with Gasteiger partial charge in [-0.1, -0.05) is 54.6 Å². The molecule has 0 fully saturated rings. The second-order valence-corrected chi connectivity index (χ2v) is 19.6. The molecule has 2 aromatic heterocycles. The zero-order valence-corrected chi connectivity index (χ0v) is 43.4. The normalized spacial score (nSPS) is 10.9. The van der Waals surface area contributed by atoms with Gasteiger partial charge in [-0.25, -0.2) is 0 Å². The number of fused-ring (bicyclic) bond motifs is 6. The van der Waals surface area contributed by atoms with Gasteiger partial charge in [-0.3, -0.25) is 0 Å². The summed E-state index contributed by atoms with van der Waals surface area (Å²) < 4.78 is 52.3. The minimum Gasteiger partial charge on any atom is -0.309 e. The average molecular weight is 1080 g/mol. The van der Waals surface area contributed by atoms with Gasteiger partial charge in [0.2, 0.25) is 0 Å². The van der Waals surface area contributed by atoms with E-state index >= 15 is 13.2 Å². The van der Waals surface area contributed by atoms with Crippen molar-refractivity contribution in [2.75, 3.05) is 0 Å². The van der Waals surface area contributed by atoms with Crippen molar-refractivity contribution in [1.29, 1.82) is 47.4 Å². The van der Waals surface area contributed by atoms with Gasteiger partial charge in [-0.05, 0) is 172 Å². The molecule has 12 aromatic rings. The number of nitrogens with zero attached hydrogens (tertiary/aromatic N) is 11. The summed E-state index contributed by atoms with van der Waals surface area (Å²) in [4.78, 5) is 0. The monoisotopic (exact) mass is 1080 g/mol. The molecule has 14 heteroatoms. The van der Waals surface area contributed by atoms with Crippen molar-refractivity contribution in [3.05, 3.63) is 238 Å². The topological polar surface area (TPSA) is 224 Å². The number of alkyl halides is 3. The minimum absolute atomic E-state index is 0.0253. The predicted octanol–water partition coefficient (Wildman–Crippen LogP) is 16.1. The van der Waals surface area contributed by atoms with Crippen LogP contribution in [0.25, 0.3) is 111 Å². The highest BCUT2D eigenvalue weighted by molar-refractivity contribution is 6.14. The van der Waals surface area contributed by atoms with Gasteiger partial charge in [0.25, 0.3) is 0 Å². The van der Waals surface area contributed by atoms with Crippen LogP contribution in [-0.4, -0.2) is 9.13 Å². The first kappa shape index (κ1) is 51.7. The first-order valence-corrected chi connectivity index (χ1v) is 25.6. The fourth-order valence-electron chi connectivity index (χ4n) is 11.3. The van der Waals surface area contributed by atoms with Crippen LogP contribution >= 0.6 is 0 Å². The van der Waals surface area contributed by atoms with Gasteiger partial charge in [-0.15, -0.1) is 0 Å². The summed E-state index contributed by atoms with van der Waals surface area (Å²) in [5, 5.41) is 92.8. The Hall–Kier alpha value is -13.0. The first-order chi connectivity index (χ1) is 40.8. The van der Waals surface area contributed by atoms with E-state index in [0.717, 1.165) is 6.07 Å². The average Bonchev–Trinajstić information content (AvgIpc) is 3.20. The van der Waals surface area contributed by atoms with Gasteiger partial charge in [0, 0.05) is 32.7 Å². The van der Waals surface area contributed by atoms with Crippen molar-refractivity contribution in [2.24, 2.45) is 0 Å². The second-order valence-electron chi connectivity index (χ2n) is 19.6. The van der Waals surface area contributed by atoms with Crippen LogP contribution in [0.4, 0.5) is 13.2 Å². The van der Waals surface area contributed by atoms with Gasteiger partial charge in [-0.2, -0.15) is 60.5 Å². The zero-order chi connectivity index (χ0) is 58.6. The van der Waals surface area contributed by atoms with Gasteiger partial charge in [0.05, 0.1) is 144 Å². The molecule has 0 atom stereocenters. The molecule has 0 N–H and O–H groups in total. The molecule has 0 aliphatic carbocycles. The third-order valence-electron chi connectivity index (χ3n) is 15.1. The van der Waals surface area contributed by atoms with Gasteiger partial charge < -0.3 is 9.13 Å². The van der Waals surface area contributed by atoms with E-state index in [1.165, 1.54) is 42.5 Å². The molecule has 0 saturated heterocycles. The highest BCUT2D eigenvalue weighted by atomic mass is 19.4. The molecule has 12 rings (SSSR count). The Labute approximate surface area is 476 Å². The Morgan fingerprint density at radius 3 is 0.905 bits per heavy atom. The SMILES string of the molecule is N#Cc1ccc(-c2ccc3c(c2)c2cc(-c4ccc(C#N)cc4C#N)ccc2n3-c2ccc(C#N)cc2-c2c(-n3c4ccc(-c5ccc(C#N)cc5C#N)cc4c4cc(-c5ccc(C#N)cc5C#N)ccc43)cccc2C(F)(F)F)c(C#N)c1. The number of aromatic nitrogens is 2. The van der Waals surface area contributed by atoms with Crippen LogP contribution in [0.3, 0.4) is 0 Å². The molecule has 0 aliphatic heterocycles. The highest BCUT2D eigenvalue weighted by Crippen LogP contribution is 2.48. The van der Waals surface area contributed by atoms with E-state index in [0.29, 0.717) is 88.1 Å². The number of halogens is 3. The lowest BCUT2D eigenvalue weighted by atomic mass is 9.93. The van der Waals surface area contributed by atoms with E-state index in [1.807, 2.05) is 28.8 Å². The molecule has 0 amide bonds. The van der Waals surface area contributed by atoms with E-state index in [2.05, 4.69) is 54.6 Å². The fourth-order valence-corrected chi connectivity index (χ4v) is 11.3. The zero-order valence-electron chi connectivity index (χ0n) is 43.4. The second kappa shape index (κ2) is 20.3. The summed E-state index contributed by atoms with van der Waals surface area (Å²) in [6, 6.07) is 68.2. The summed E-state index contributed by atoms with van der Waals surface area (Å²) in [6.07, 6.45) is -4.99. The Morgan fingerprint density at radius 2 is 0.595 bits per heavy atom. The maximum Gasteiger partial charge on any atom is 0.417 e. The van der Waals surface area contributed by atoms with E-state index in [4.69, 9.17) is 0 Å². The molecule has 0 bridgehead atoms. The standard InChI is InChI=1S/C70H30F3N11/c71-70(72,73)62-2-1-3-68(84-65-20-11-47(55-15-6-42(33-76)24-51(55)38-81)29-59(65)60-30-48(12-21-66(60)84)56-16-7-43(34-77)25-52(56)39-82)69(62)61-26-44(35-78)8-17-67(61)83-63-18-9-45(53-13-4-40(31-74)22-49(53)36-79)27-57(63)58-28-46(10-19-64(58)83)54-14-5-41(32-75)23-50(54)37-80/h1-30H. The largest absolute Gasteiger partial charge is 0.417 e. The van der Waals surface area contributed by atoms with Crippen LogP contribution in [-0.2, 0) is 6.18 Å². The van der Waals surface area contributed by atoms with E-state index in [9.17, 15) is 47.4 Å². The smallest absolute Gasteiger partial charge is 0.309 e. The van der Waals surface area contributed by atoms with Crippen LogP contribution < -0.4 is 0 Å². The van der Waals surface area contributed by atoms with Crippen LogP contribution in [0.5, 0.6) is 0 Å². The van der Waals surface area contributed by atoms with Crippen molar-refractivity contribution >= 4 is 43.6 Å². The van der Waals surface area contributed by atoms with Crippen LogP contribution in [0.1, 0.15) is 55.6 Å². The van der Waals surface area contributed by atoms with Gasteiger partial charge in [0.15, 0.2) is 0 Å². The molecular formula is C70H30F3N11. The number of benzene rings is 10. The van der Waals surface area contributed by atoms with Gasteiger partial charge in [0.1, 0.15) is 0 Å². The Kier molecular flexibility index (Phi) is 12.5. The summed E-state index contributed by atoms with van der Waals surface area (Å²) in [7, 11) is 0. The maximum atomic E-state index is 16.3. The van der Waals surface area contributed by atoms with E-state index < -0.39 is 11.7 Å². The third kappa shape index (κ3) is 8.48. The van der Waals surface area contributed by atoms with Crippen LogP contribution in [0, 0.1) is 102 Å². The molecule has 84 heavy (non-hydrogen) atoms. The van der Waals surface area contributed by atoms with Crippen LogP contribution in [0.15, 0.2) is 182 Å². The summed E-state index contributed by atoms with van der Waals surface area (Å²) in [5.74, 6) is 0. The molecule has 0 saturated carbocycles. The molecule has 0 aliphatic rings. The quantitative estimate of drug-likeness (QED) is 0.148. The Bertz CT molecular complexity index is 5060. The molecule has 0 radical (unpaired) electrons. The van der Waals surface area contributed by atoms with Crippen molar-refractivity contribution in [3.63, 3.8) is 0 Å². The Balaban J connectivity index is 1.17. The van der Waals surface area contributed by atoms with Gasteiger partial charge >= 0.3 is 6.18 Å². The number of hydrogen-bond acceptors (Lipinski definition) is 9. The lowest BCUT2D eigenvalue weighted by Crippen LogP contribution is -2.11. The first-order valence-electron chi connectivity index (χ1n) is 25.6. The number of hydrogen-bond donors (Lipinski definition) is 0. The highest BCUT2D eigenvalue weighted by Gasteiger charge is 2.37. The summed E-state index contributed by atoms with van der Waals surface area (Å²) in [6.45, 7) is 0. The molecule has 2 heterocycles. The van der Waals surface area contributed by atoms with Crippen molar-refractivity contribution < 1.29 is 13.2 Å². The van der Waals surface area contributed by atoms with Crippen molar-refractivity contribution in [3.8, 4) is 122 Å². The summed E-state index contributed by atoms with van der Waals surface area (Å²) in [5.41, 5.74) is 7.45. The molecule has 11 nitrogen and oxygen atoms in total. The fraction of sp³-hybridized carbons (Fsp3) is 0.0143. The lowest BCUT2D eigenvalue weighted by Gasteiger charge is -2.22. The lowest BCUT2D eigenvalue weighted by molar-refractivity contribution is -0.137. The van der Waals surface area contributed by atoms with E-state index in [-0.39, 0.29) is 72.6 Å². The van der Waals surface area contributed by atoms with Crippen molar-refractivity contribution in [2.45, 2.75) is 6.18 Å². The molecule has 0 spiro atoms. The molecule has 386 valence electrons. The number of nitriles is 9. The Morgan fingerprint density at radius 1 is 0.286 bits per heavy atom. The van der Waals surface area contributed by atoms with Crippen molar-refractivity contribution in [1.82, 2.24) is 9.13 Å². The number of rotatable bonds is 7. The maximum absolute atomic E-state index is 16.3. The molecule has 10 aromatic carbocycles. The predicted molar refractivity (Wildman–Crippen MR) is 310 cm³/mol. The van der Waals surface area contributed by atoms with E-state index in [1.54, 1.807) is 114 Å². The minimum atomic E-state index is -4.99. The third-order valence-corrected chi connectivity index (χ3v) is 15.1. The molecular weight excluding hydrogens is 1050 g/mol. The van der Waals surface area contributed by atoms with Crippen LogP contribution in [0.2, 0.25) is 0 Å².